The van der Waals surface area contributed by atoms with Crippen molar-refractivity contribution in [2.75, 3.05) is 6.54 Å². The van der Waals surface area contributed by atoms with Crippen LogP contribution in [0.1, 0.15) is 31.7 Å². The predicted octanol–water partition coefficient (Wildman–Crippen LogP) is 3.35. The lowest BCUT2D eigenvalue weighted by molar-refractivity contribution is -0.141. The molecule has 0 saturated heterocycles. The van der Waals surface area contributed by atoms with Crippen LogP contribution in [0.4, 0.5) is 0 Å². The van der Waals surface area contributed by atoms with Crippen LogP contribution in [-0.4, -0.2) is 17.6 Å². The van der Waals surface area contributed by atoms with Crippen LogP contribution in [0.2, 0.25) is 5.02 Å². The van der Waals surface area contributed by atoms with Gasteiger partial charge >= 0.3 is 5.97 Å². The number of hydrogen-bond donors (Lipinski definition) is 2. The largest absolute Gasteiger partial charge is 0.481 e. The van der Waals surface area contributed by atoms with E-state index in [1.54, 1.807) is 0 Å². The number of halogens is 1. The van der Waals surface area contributed by atoms with Gasteiger partial charge < -0.3 is 10.8 Å². The molecule has 2 atom stereocenters. The standard InChI is InChI=1S/C15H22ClNO2/c1-11(7-9-13(10-17)15(18)19)6-8-12-4-2-3-5-14(12)16/h2-5,11,13H,6-10,17H2,1H3,(H,18,19). The second-order valence-corrected chi connectivity index (χ2v) is 5.49. The van der Waals surface area contributed by atoms with Crippen LogP contribution in [0, 0.1) is 11.8 Å². The Bertz CT molecular complexity index is 409. The number of hydrogen-bond acceptors (Lipinski definition) is 2. The minimum atomic E-state index is -0.791. The summed E-state index contributed by atoms with van der Waals surface area (Å²) >= 11 is 6.10. The summed E-state index contributed by atoms with van der Waals surface area (Å²) in [6.45, 7) is 2.36. The molecule has 1 aromatic carbocycles. The van der Waals surface area contributed by atoms with E-state index < -0.39 is 11.9 Å². The number of rotatable bonds is 8. The van der Waals surface area contributed by atoms with Gasteiger partial charge in [0, 0.05) is 11.6 Å². The Morgan fingerprint density at radius 3 is 2.58 bits per heavy atom. The van der Waals surface area contributed by atoms with Crippen molar-refractivity contribution < 1.29 is 9.90 Å². The SMILES string of the molecule is CC(CCc1ccccc1Cl)CCC(CN)C(=O)O. The van der Waals surface area contributed by atoms with Crippen LogP contribution in [0.3, 0.4) is 0 Å². The number of carbonyl (C=O) groups is 1. The lowest BCUT2D eigenvalue weighted by Gasteiger charge is -2.15. The molecule has 0 radical (unpaired) electrons. The second kappa shape index (κ2) is 8.18. The molecule has 19 heavy (non-hydrogen) atoms. The van der Waals surface area contributed by atoms with Gasteiger partial charge in [0.15, 0.2) is 0 Å². The average Bonchev–Trinajstić information content (AvgIpc) is 2.38. The molecule has 0 aliphatic rings. The van der Waals surface area contributed by atoms with Crippen LogP contribution >= 0.6 is 11.6 Å². The van der Waals surface area contributed by atoms with Crippen LogP contribution in [0.15, 0.2) is 24.3 Å². The van der Waals surface area contributed by atoms with Crippen molar-refractivity contribution in [2.24, 2.45) is 17.6 Å². The minimum absolute atomic E-state index is 0.215. The van der Waals surface area contributed by atoms with Gasteiger partial charge in [-0.3, -0.25) is 4.79 Å². The van der Waals surface area contributed by atoms with Crippen LogP contribution in [0.25, 0.3) is 0 Å². The second-order valence-electron chi connectivity index (χ2n) is 5.08. The van der Waals surface area contributed by atoms with Crippen molar-refractivity contribution in [3.05, 3.63) is 34.9 Å². The first kappa shape index (κ1) is 16.0. The summed E-state index contributed by atoms with van der Waals surface area (Å²) in [5.41, 5.74) is 6.60. The molecular formula is C15H22ClNO2. The third-order valence-electron chi connectivity index (χ3n) is 3.51. The Morgan fingerprint density at radius 1 is 1.32 bits per heavy atom. The van der Waals surface area contributed by atoms with Gasteiger partial charge in [-0.2, -0.15) is 0 Å². The number of carboxylic acids is 1. The van der Waals surface area contributed by atoms with E-state index in [4.69, 9.17) is 22.4 Å². The lowest BCUT2D eigenvalue weighted by Crippen LogP contribution is -2.23. The molecule has 0 fully saturated rings. The Morgan fingerprint density at radius 2 is 2.00 bits per heavy atom. The number of benzene rings is 1. The number of aryl methyl sites for hydroxylation is 1. The molecule has 0 saturated carbocycles. The lowest BCUT2D eigenvalue weighted by atomic mass is 9.92. The van der Waals surface area contributed by atoms with Gasteiger partial charge in [0.2, 0.25) is 0 Å². The minimum Gasteiger partial charge on any atom is -0.481 e. The number of nitrogens with two attached hydrogens (primary N) is 1. The fourth-order valence-corrected chi connectivity index (χ4v) is 2.31. The van der Waals surface area contributed by atoms with Gasteiger partial charge in [-0.15, -0.1) is 0 Å². The molecular weight excluding hydrogens is 262 g/mol. The van der Waals surface area contributed by atoms with Crippen molar-refractivity contribution in [2.45, 2.75) is 32.6 Å². The van der Waals surface area contributed by atoms with E-state index in [0.717, 1.165) is 29.8 Å². The molecule has 3 N–H and O–H groups in total. The summed E-state index contributed by atoms with van der Waals surface area (Å²) in [7, 11) is 0. The summed E-state index contributed by atoms with van der Waals surface area (Å²) < 4.78 is 0. The zero-order valence-corrected chi connectivity index (χ0v) is 12.1. The first-order valence-corrected chi connectivity index (χ1v) is 7.08. The fraction of sp³-hybridized carbons (Fsp3) is 0.533. The summed E-state index contributed by atoms with van der Waals surface area (Å²) in [4.78, 5) is 10.9. The van der Waals surface area contributed by atoms with Gasteiger partial charge in [0.1, 0.15) is 0 Å². The highest BCUT2D eigenvalue weighted by Crippen LogP contribution is 2.21. The van der Waals surface area contributed by atoms with Gasteiger partial charge in [-0.05, 0) is 43.2 Å². The number of aliphatic carboxylic acids is 1. The third kappa shape index (κ3) is 5.62. The van der Waals surface area contributed by atoms with E-state index >= 15 is 0 Å². The Balaban J connectivity index is 2.34. The molecule has 0 bridgehead atoms. The predicted molar refractivity (Wildman–Crippen MR) is 78.4 cm³/mol. The molecule has 1 aromatic rings. The molecule has 2 unspecified atom stereocenters. The number of carboxylic acid groups (broad SMARTS) is 1. The topological polar surface area (TPSA) is 63.3 Å². The molecule has 1 rings (SSSR count). The Hall–Kier alpha value is -1.06. The van der Waals surface area contributed by atoms with Gasteiger partial charge in [0.25, 0.3) is 0 Å². The summed E-state index contributed by atoms with van der Waals surface area (Å²) in [5, 5.41) is 9.74. The molecule has 0 aliphatic carbocycles. The van der Waals surface area contributed by atoms with Crippen LogP contribution in [-0.2, 0) is 11.2 Å². The van der Waals surface area contributed by atoms with Gasteiger partial charge in [-0.1, -0.05) is 36.7 Å². The van der Waals surface area contributed by atoms with Gasteiger partial charge in [-0.25, -0.2) is 0 Å². The zero-order valence-electron chi connectivity index (χ0n) is 11.3. The smallest absolute Gasteiger partial charge is 0.307 e. The zero-order chi connectivity index (χ0) is 14.3. The maximum absolute atomic E-state index is 10.9. The van der Waals surface area contributed by atoms with E-state index in [0.29, 0.717) is 12.3 Å². The summed E-state index contributed by atoms with van der Waals surface area (Å²) in [5.74, 6) is -0.728. The van der Waals surface area contributed by atoms with Crippen molar-refractivity contribution in [3.63, 3.8) is 0 Å². The Kier molecular flexibility index (Phi) is 6.89. The van der Waals surface area contributed by atoms with E-state index in [9.17, 15) is 4.79 Å². The summed E-state index contributed by atoms with van der Waals surface area (Å²) in [6.07, 6.45) is 3.48. The maximum atomic E-state index is 10.9. The van der Waals surface area contributed by atoms with E-state index in [-0.39, 0.29) is 6.54 Å². The van der Waals surface area contributed by atoms with Crippen LogP contribution in [0.5, 0.6) is 0 Å². The highest BCUT2D eigenvalue weighted by Gasteiger charge is 2.16. The normalized spacial score (nSPS) is 14.1. The van der Waals surface area contributed by atoms with Crippen molar-refractivity contribution >= 4 is 17.6 Å². The van der Waals surface area contributed by atoms with E-state index in [1.807, 2.05) is 24.3 Å². The molecule has 106 valence electrons. The first-order chi connectivity index (χ1) is 9.04. The summed E-state index contributed by atoms with van der Waals surface area (Å²) in [6, 6.07) is 7.85. The molecule has 0 aliphatic heterocycles. The molecule has 0 aromatic heterocycles. The monoisotopic (exact) mass is 283 g/mol. The van der Waals surface area contributed by atoms with Gasteiger partial charge in [0.05, 0.1) is 5.92 Å². The van der Waals surface area contributed by atoms with Crippen molar-refractivity contribution in [1.82, 2.24) is 0 Å². The highest BCUT2D eigenvalue weighted by atomic mass is 35.5. The fourth-order valence-electron chi connectivity index (χ4n) is 2.08. The average molecular weight is 284 g/mol. The Labute approximate surface area is 119 Å². The molecule has 3 nitrogen and oxygen atoms in total. The maximum Gasteiger partial charge on any atom is 0.307 e. The molecule has 0 heterocycles. The highest BCUT2D eigenvalue weighted by molar-refractivity contribution is 6.31. The van der Waals surface area contributed by atoms with Crippen LogP contribution < -0.4 is 5.73 Å². The van der Waals surface area contributed by atoms with E-state index in [1.165, 1.54) is 0 Å². The first-order valence-electron chi connectivity index (χ1n) is 6.70. The molecule has 0 spiro atoms. The molecule has 4 heteroatoms. The molecule has 0 amide bonds. The van der Waals surface area contributed by atoms with Crippen molar-refractivity contribution in [3.8, 4) is 0 Å². The quantitative estimate of drug-likeness (QED) is 0.769. The van der Waals surface area contributed by atoms with Crippen molar-refractivity contribution in [1.29, 1.82) is 0 Å². The van der Waals surface area contributed by atoms with E-state index in [2.05, 4.69) is 6.92 Å². The third-order valence-corrected chi connectivity index (χ3v) is 3.87.